The lowest BCUT2D eigenvalue weighted by atomic mass is 9.80. The molecule has 6 heteroatoms. The van der Waals surface area contributed by atoms with Gasteiger partial charge in [0.15, 0.2) is 0 Å². The van der Waals surface area contributed by atoms with E-state index in [1.54, 1.807) is 0 Å². The molecule has 1 fully saturated rings. The normalized spacial score (nSPS) is 18.3. The minimum atomic E-state index is -0.359. The van der Waals surface area contributed by atoms with Gasteiger partial charge in [0, 0.05) is 18.0 Å². The SMILES string of the molecule is Br.CC1(C)OB(c2ccc3nc(-c4ccccc4)cn3c2)OC1(C)C. The lowest BCUT2D eigenvalue weighted by molar-refractivity contribution is 0.00578. The van der Waals surface area contributed by atoms with Crippen LogP contribution in [-0.2, 0) is 9.31 Å². The highest BCUT2D eigenvalue weighted by Gasteiger charge is 2.51. The molecule has 0 radical (unpaired) electrons. The van der Waals surface area contributed by atoms with Crippen LogP contribution < -0.4 is 5.46 Å². The monoisotopic (exact) mass is 400 g/mol. The zero-order valence-corrected chi connectivity index (χ0v) is 16.6. The number of fused-ring (bicyclic) bond motifs is 1. The van der Waals surface area contributed by atoms with E-state index >= 15 is 0 Å². The van der Waals surface area contributed by atoms with E-state index in [1.807, 2.05) is 47.1 Å². The zero-order valence-electron chi connectivity index (χ0n) is 14.9. The van der Waals surface area contributed by atoms with Gasteiger partial charge in [0.05, 0.1) is 16.9 Å². The number of hydrogen-bond donors (Lipinski definition) is 0. The summed E-state index contributed by atoms with van der Waals surface area (Å²) in [6, 6.07) is 14.2. The molecule has 130 valence electrons. The molecule has 1 aromatic carbocycles. The second kappa shape index (κ2) is 6.27. The predicted molar refractivity (Wildman–Crippen MR) is 107 cm³/mol. The molecule has 0 aliphatic carbocycles. The first-order chi connectivity index (χ1) is 11.4. The summed E-state index contributed by atoms with van der Waals surface area (Å²) in [7, 11) is -0.359. The second-order valence-electron chi connectivity index (χ2n) is 7.31. The molecule has 2 aromatic heterocycles. The molecule has 0 N–H and O–H groups in total. The number of halogens is 1. The van der Waals surface area contributed by atoms with Gasteiger partial charge in [0.2, 0.25) is 0 Å². The fraction of sp³-hybridized carbons (Fsp3) is 0.316. The van der Waals surface area contributed by atoms with E-state index in [1.165, 1.54) is 0 Å². The Morgan fingerprint density at radius 1 is 0.880 bits per heavy atom. The van der Waals surface area contributed by atoms with Gasteiger partial charge >= 0.3 is 7.12 Å². The van der Waals surface area contributed by atoms with Crippen LogP contribution in [0.25, 0.3) is 16.9 Å². The Labute approximate surface area is 159 Å². The summed E-state index contributed by atoms with van der Waals surface area (Å²) < 4.78 is 14.3. The number of aromatic nitrogens is 2. The summed E-state index contributed by atoms with van der Waals surface area (Å²) in [6.07, 6.45) is 4.08. The Balaban J connectivity index is 0.00000182. The lowest BCUT2D eigenvalue weighted by Gasteiger charge is -2.32. The molecule has 3 heterocycles. The molecular formula is C19H22BBrN2O2. The van der Waals surface area contributed by atoms with Crippen LogP contribution in [0.1, 0.15) is 27.7 Å². The quantitative estimate of drug-likeness (QED) is 0.612. The number of benzene rings is 1. The van der Waals surface area contributed by atoms with Gasteiger partial charge in [-0.3, -0.25) is 0 Å². The molecule has 25 heavy (non-hydrogen) atoms. The van der Waals surface area contributed by atoms with Crippen molar-refractivity contribution in [3.05, 3.63) is 54.9 Å². The third kappa shape index (κ3) is 3.14. The maximum atomic E-state index is 6.13. The molecular weight excluding hydrogens is 379 g/mol. The number of imidazole rings is 1. The maximum absolute atomic E-state index is 6.13. The second-order valence-corrected chi connectivity index (χ2v) is 7.31. The molecule has 0 amide bonds. The van der Waals surface area contributed by atoms with Crippen molar-refractivity contribution < 1.29 is 9.31 Å². The van der Waals surface area contributed by atoms with E-state index in [2.05, 4.69) is 44.8 Å². The molecule has 3 aromatic rings. The average molecular weight is 401 g/mol. The fourth-order valence-electron chi connectivity index (χ4n) is 2.88. The Morgan fingerprint density at radius 3 is 2.16 bits per heavy atom. The molecule has 0 spiro atoms. The summed E-state index contributed by atoms with van der Waals surface area (Å²) >= 11 is 0. The van der Waals surface area contributed by atoms with E-state index in [0.717, 1.165) is 22.4 Å². The molecule has 1 saturated heterocycles. The highest BCUT2D eigenvalue weighted by molar-refractivity contribution is 8.93. The van der Waals surface area contributed by atoms with Crippen LogP contribution in [0.4, 0.5) is 0 Å². The van der Waals surface area contributed by atoms with Crippen molar-refractivity contribution in [2.75, 3.05) is 0 Å². The highest BCUT2D eigenvalue weighted by Crippen LogP contribution is 2.36. The minimum Gasteiger partial charge on any atom is -0.399 e. The van der Waals surface area contributed by atoms with Crippen LogP contribution in [-0.4, -0.2) is 27.7 Å². The van der Waals surface area contributed by atoms with Gasteiger partial charge in [-0.15, -0.1) is 17.0 Å². The van der Waals surface area contributed by atoms with Crippen molar-refractivity contribution in [1.82, 2.24) is 9.38 Å². The van der Waals surface area contributed by atoms with Crippen LogP contribution in [0, 0.1) is 0 Å². The number of rotatable bonds is 2. The van der Waals surface area contributed by atoms with Gasteiger partial charge in [0.25, 0.3) is 0 Å². The third-order valence-electron chi connectivity index (χ3n) is 5.07. The minimum absolute atomic E-state index is 0. The topological polar surface area (TPSA) is 35.8 Å². The van der Waals surface area contributed by atoms with Gasteiger partial charge < -0.3 is 13.7 Å². The third-order valence-corrected chi connectivity index (χ3v) is 5.07. The van der Waals surface area contributed by atoms with Crippen molar-refractivity contribution in [2.24, 2.45) is 0 Å². The summed E-state index contributed by atoms with van der Waals surface area (Å²) in [5.41, 5.74) is 3.31. The summed E-state index contributed by atoms with van der Waals surface area (Å²) in [6.45, 7) is 8.26. The summed E-state index contributed by atoms with van der Waals surface area (Å²) in [5, 5.41) is 0. The van der Waals surface area contributed by atoms with Crippen molar-refractivity contribution in [3.8, 4) is 11.3 Å². The fourth-order valence-corrected chi connectivity index (χ4v) is 2.88. The summed E-state index contributed by atoms with van der Waals surface area (Å²) in [4.78, 5) is 4.69. The molecule has 0 atom stereocenters. The van der Waals surface area contributed by atoms with E-state index in [-0.39, 0.29) is 35.3 Å². The van der Waals surface area contributed by atoms with Crippen molar-refractivity contribution >= 4 is 35.2 Å². The van der Waals surface area contributed by atoms with E-state index in [9.17, 15) is 0 Å². The summed E-state index contributed by atoms with van der Waals surface area (Å²) in [5.74, 6) is 0. The Kier molecular flexibility index (Phi) is 4.56. The van der Waals surface area contributed by atoms with Gasteiger partial charge in [-0.25, -0.2) is 4.98 Å². The van der Waals surface area contributed by atoms with Crippen LogP contribution in [0.2, 0.25) is 0 Å². The molecule has 1 aliphatic heterocycles. The highest BCUT2D eigenvalue weighted by atomic mass is 79.9. The molecule has 4 nitrogen and oxygen atoms in total. The number of hydrogen-bond acceptors (Lipinski definition) is 3. The van der Waals surface area contributed by atoms with Crippen molar-refractivity contribution in [3.63, 3.8) is 0 Å². The average Bonchev–Trinajstić information content (AvgIpc) is 3.06. The maximum Gasteiger partial charge on any atom is 0.496 e. The Hall–Kier alpha value is -1.63. The molecule has 0 bridgehead atoms. The molecule has 0 unspecified atom stereocenters. The standard InChI is InChI=1S/C19H21BN2O2.BrH/c1-18(2)19(3,4)24-20(23-18)15-10-11-17-21-16(13-22(17)12-15)14-8-6-5-7-9-14;/h5-13H,1-4H3;1H. The van der Waals surface area contributed by atoms with Crippen molar-refractivity contribution in [1.29, 1.82) is 0 Å². The molecule has 0 saturated carbocycles. The predicted octanol–water partition coefficient (Wildman–Crippen LogP) is 3.88. The van der Waals surface area contributed by atoms with Gasteiger partial charge in [-0.05, 0) is 39.2 Å². The molecule has 4 rings (SSSR count). The smallest absolute Gasteiger partial charge is 0.399 e. The first-order valence-corrected chi connectivity index (χ1v) is 8.25. The van der Waals surface area contributed by atoms with E-state index in [4.69, 9.17) is 9.31 Å². The van der Waals surface area contributed by atoms with Crippen LogP contribution >= 0.6 is 17.0 Å². The largest absolute Gasteiger partial charge is 0.496 e. The first kappa shape index (κ1) is 18.2. The van der Waals surface area contributed by atoms with Crippen LogP contribution in [0.15, 0.2) is 54.9 Å². The van der Waals surface area contributed by atoms with Crippen LogP contribution in [0.3, 0.4) is 0 Å². The lowest BCUT2D eigenvalue weighted by Crippen LogP contribution is -2.41. The zero-order chi connectivity index (χ0) is 16.9. The Bertz CT molecular complexity index is 877. The molecule has 1 aliphatic rings. The van der Waals surface area contributed by atoms with Gasteiger partial charge in [0.1, 0.15) is 5.65 Å². The van der Waals surface area contributed by atoms with Gasteiger partial charge in [-0.1, -0.05) is 36.4 Å². The number of nitrogens with zero attached hydrogens (tertiary/aromatic N) is 2. The Morgan fingerprint density at radius 2 is 1.52 bits per heavy atom. The number of pyridine rings is 1. The van der Waals surface area contributed by atoms with Gasteiger partial charge in [-0.2, -0.15) is 0 Å². The van der Waals surface area contributed by atoms with E-state index < -0.39 is 0 Å². The first-order valence-electron chi connectivity index (χ1n) is 8.25. The van der Waals surface area contributed by atoms with Crippen molar-refractivity contribution in [2.45, 2.75) is 38.9 Å². The van der Waals surface area contributed by atoms with E-state index in [0.29, 0.717) is 0 Å². The van der Waals surface area contributed by atoms with Crippen LogP contribution in [0.5, 0.6) is 0 Å².